The minimum Gasteiger partial charge on any atom is -0.481 e. The SMILES string of the molecule is Cc1cc2oc(=O)cc(C)c2cc1O[C@H](C)C(=O)Nc1ccc(Br)cc1. The second kappa shape index (κ2) is 7.33. The van der Waals surface area contributed by atoms with Gasteiger partial charge in [-0.3, -0.25) is 4.79 Å². The molecule has 0 aliphatic heterocycles. The molecule has 0 saturated heterocycles. The molecule has 0 spiro atoms. The van der Waals surface area contributed by atoms with E-state index in [1.807, 2.05) is 26.0 Å². The highest BCUT2D eigenvalue weighted by molar-refractivity contribution is 9.10. The second-order valence-corrected chi connectivity index (χ2v) is 7.03. The molecule has 6 heteroatoms. The third-order valence-electron chi connectivity index (χ3n) is 4.03. The molecule has 1 amide bonds. The minimum atomic E-state index is -0.689. The molecule has 26 heavy (non-hydrogen) atoms. The summed E-state index contributed by atoms with van der Waals surface area (Å²) in [5, 5.41) is 3.60. The number of carbonyl (C=O) groups excluding carboxylic acids is 1. The van der Waals surface area contributed by atoms with E-state index < -0.39 is 6.10 Å². The third-order valence-corrected chi connectivity index (χ3v) is 4.56. The lowest BCUT2D eigenvalue weighted by Crippen LogP contribution is -2.30. The van der Waals surface area contributed by atoms with Gasteiger partial charge in [0.2, 0.25) is 0 Å². The highest BCUT2D eigenvalue weighted by Gasteiger charge is 2.17. The van der Waals surface area contributed by atoms with Crippen molar-refractivity contribution >= 4 is 38.5 Å². The van der Waals surface area contributed by atoms with Gasteiger partial charge in [0, 0.05) is 21.6 Å². The largest absolute Gasteiger partial charge is 0.481 e. The van der Waals surface area contributed by atoms with Crippen LogP contribution in [0.3, 0.4) is 0 Å². The van der Waals surface area contributed by atoms with Crippen molar-refractivity contribution in [3.05, 3.63) is 68.5 Å². The van der Waals surface area contributed by atoms with Gasteiger partial charge in [0.15, 0.2) is 6.10 Å². The van der Waals surface area contributed by atoms with Crippen LogP contribution in [0.4, 0.5) is 5.69 Å². The predicted octanol–water partition coefficient (Wildman–Crippen LogP) is 4.58. The number of fused-ring (bicyclic) bond motifs is 1. The van der Waals surface area contributed by atoms with Crippen LogP contribution in [-0.4, -0.2) is 12.0 Å². The Hall–Kier alpha value is -2.60. The molecule has 2 aromatic carbocycles. The van der Waals surface area contributed by atoms with Crippen LogP contribution in [-0.2, 0) is 4.79 Å². The molecule has 3 rings (SSSR count). The Morgan fingerprint density at radius 3 is 2.50 bits per heavy atom. The molecule has 0 bridgehead atoms. The first-order valence-corrected chi connectivity index (χ1v) is 8.91. The first kappa shape index (κ1) is 18.2. The summed E-state index contributed by atoms with van der Waals surface area (Å²) >= 11 is 3.36. The first-order valence-electron chi connectivity index (χ1n) is 8.11. The van der Waals surface area contributed by atoms with Gasteiger partial charge in [-0.15, -0.1) is 0 Å². The van der Waals surface area contributed by atoms with Crippen molar-refractivity contribution in [2.24, 2.45) is 0 Å². The van der Waals surface area contributed by atoms with Gasteiger partial charge in [-0.2, -0.15) is 0 Å². The standard InChI is InChI=1S/C20H18BrNO4/c1-11-9-19(23)26-18-8-12(2)17(10-16(11)18)25-13(3)20(24)22-15-6-4-14(21)5-7-15/h4-10,13H,1-3H3,(H,22,24)/t13-/m1/s1. The van der Waals surface area contributed by atoms with Gasteiger partial charge in [-0.25, -0.2) is 4.79 Å². The number of carbonyl (C=O) groups is 1. The van der Waals surface area contributed by atoms with E-state index in [9.17, 15) is 9.59 Å². The number of rotatable bonds is 4. The molecule has 5 nitrogen and oxygen atoms in total. The molecule has 0 aliphatic rings. The highest BCUT2D eigenvalue weighted by atomic mass is 79.9. The summed E-state index contributed by atoms with van der Waals surface area (Å²) in [7, 11) is 0. The summed E-state index contributed by atoms with van der Waals surface area (Å²) in [5.74, 6) is 0.330. The molecule has 1 aromatic heterocycles. The number of hydrogen-bond donors (Lipinski definition) is 1. The van der Waals surface area contributed by atoms with Crippen molar-refractivity contribution in [3.63, 3.8) is 0 Å². The summed E-state index contributed by atoms with van der Waals surface area (Å²) in [4.78, 5) is 23.9. The lowest BCUT2D eigenvalue weighted by atomic mass is 10.1. The maximum atomic E-state index is 12.4. The average molecular weight is 416 g/mol. The third kappa shape index (κ3) is 3.96. The van der Waals surface area contributed by atoms with Crippen LogP contribution >= 0.6 is 15.9 Å². The van der Waals surface area contributed by atoms with Crippen LogP contribution in [0.1, 0.15) is 18.1 Å². The van der Waals surface area contributed by atoms with Crippen LogP contribution in [0.25, 0.3) is 11.0 Å². The fourth-order valence-electron chi connectivity index (χ4n) is 2.59. The first-order chi connectivity index (χ1) is 12.3. The molecule has 134 valence electrons. The maximum absolute atomic E-state index is 12.4. The number of anilines is 1. The smallest absolute Gasteiger partial charge is 0.336 e. The zero-order chi connectivity index (χ0) is 18.8. The van der Waals surface area contributed by atoms with E-state index in [0.29, 0.717) is 17.0 Å². The quantitative estimate of drug-likeness (QED) is 0.633. The van der Waals surface area contributed by atoms with E-state index >= 15 is 0 Å². The van der Waals surface area contributed by atoms with E-state index in [-0.39, 0.29) is 11.5 Å². The minimum absolute atomic E-state index is 0.247. The molecule has 1 atom stereocenters. The number of ether oxygens (including phenoxy) is 1. The van der Waals surface area contributed by atoms with Crippen molar-refractivity contribution in [2.75, 3.05) is 5.32 Å². The van der Waals surface area contributed by atoms with E-state index in [1.165, 1.54) is 6.07 Å². The van der Waals surface area contributed by atoms with Gasteiger partial charge < -0.3 is 14.5 Å². The molecule has 0 fully saturated rings. The topological polar surface area (TPSA) is 68.5 Å². The predicted molar refractivity (Wildman–Crippen MR) is 105 cm³/mol. The van der Waals surface area contributed by atoms with Gasteiger partial charge in [0.05, 0.1) is 0 Å². The fourth-order valence-corrected chi connectivity index (χ4v) is 2.86. The van der Waals surface area contributed by atoms with Crippen LogP contribution in [0.15, 0.2) is 56.1 Å². The molecule has 0 aliphatic carbocycles. The van der Waals surface area contributed by atoms with E-state index in [2.05, 4.69) is 21.2 Å². The Morgan fingerprint density at radius 1 is 1.12 bits per heavy atom. The molecule has 1 heterocycles. The fraction of sp³-hybridized carbons (Fsp3) is 0.200. The van der Waals surface area contributed by atoms with Gasteiger partial charge in [0.25, 0.3) is 5.91 Å². The monoisotopic (exact) mass is 415 g/mol. The normalized spacial score (nSPS) is 12.0. The zero-order valence-electron chi connectivity index (χ0n) is 14.6. The number of aryl methyl sites for hydroxylation is 2. The summed E-state index contributed by atoms with van der Waals surface area (Å²) in [6.07, 6.45) is -0.689. The molecule has 0 radical (unpaired) electrons. The Balaban J connectivity index is 1.81. The zero-order valence-corrected chi connectivity index (χ0v) is 16.2. The van der Waals surface area contributed by atoms with Crippen molar-refractivity contribution < 1.29 is 13.9 Å². The van der Waals surface area contributed by atoms with Crippen LogP contribution < -0.4 is 15.7 Å². The molecule has 0 saturated carbocycles. The summed E-state index contributed by atoms with van der Waals surface area (Å²) < 4.78 is 12.0. The molecule has 3 aromatic rings. The van der Waals surface area contributed by atoms with Crippen molar-refractivity contribution in [3.8, 4) is 5.75 Å². The van der Waals surface area contributed by atoms with E-state index in [4.69, 9.17) is 9.15 Å². The van der Waals surface area contributed by atoms with Gasteiger partial charge in [-0.1, -0.05) is 15.9 Å². The number of amides is 1. The van der Waals surface area contributed by atoms with Gasteiger partial charge in [0.1, 0.15) is 11.3 Å². The van der Waals surface area contributed by atoms with Crippen molar-refractivity contribution in [1.29, 1.82) is 0 Å². The number of nitrogens with one attached hydrogen (secondary N) is 1. The van der Waals surface area contributed by atoms with Crippen LogP contribution in [0.2, 0.25) is 0 Å². The molecular formula is C20H18BrNO4. The Bertz CT molecular complexity index is 1020. The van der Waals surface area contributed by atoms with Gasteiger partial charge >= 0.3 is 5.63 Å². The summed E-state index contributed by atoms with van der Waals surface area (Å²) in [6, 6.07) is 12.3. The van der Waals surface area contributed by atoms with Gasteiger partial charge in [-0.05, 0) is 68.3 Å². The lowest BCUT2D eigenvalue weighted by molar-refractivity contribution is -0.122. The van der Waals surface area contributed by atoms with E-state index in [0.717, 1.165) is 21.0 Å². The molecular weight excluding hydrogens is 398 g/mol. The average Bonchev–Trinajstić information content (AvgIpc) is 2.58. The highest BCUT2D eigenvalue weighted by Crippen LogP contribution is 2.27. The van der Waals surface area contributed by atoms with Crippen molar-refractivity contribution in [2.45, 2.75) is 26.9 Å². The molecule has 1 N–H and O–H groups in total. The molecule has 0 unspecified atom stereocenters. The number of hydrogen-bond acceptors (Lipinski definition) is 4. The van der Waals surface area contributed by atoms with E-state index in [1.54, 1.807) is 31.2 Å². The maximum Gasteiger partial charge on any atom is 0.336 e. The number of benzene rings is 2. The summed E-state index contributed by atoms with van der Waals surface area (Å²) in [6.45, 7) is 5.37. The second-order valence-electron chi connectivity index (χ2n) is 6.12. The van der Waals surface area contributed by atoms with Crippen LogP contribution in [0, 0.1) is 13.8 Å². The lowest BCUT2D eigenvalue weighted by Gasteiger charge is -2.17. The Kier molecular flexibility index (Phi) is 5.13. The van der Waals surface area contributed by atoms with Crippen LogP contribution in [0.5, 0.6) is 5.75 Å². The Morgan fingerprint density at radius 2 is 1.81 bits per heavy atom. The number of halogens is 1. The summed E-state index contributed by atoms with van der Waals surface area (Å²) in [5.41, 5.74) is 2.40. The Labute approximate surface area is 159 Å². The van der Waals surface area contributed by atoms with Crippen molar-refractivity contribution in [1.82, 2.24) is 0 Å².